The molecular weight excluding hydrogens is 339 g/mol. The third-order valence-electron chi connectivity index (χ3n) is 5.33. The molecule has 0 N–H and O–H groups in total. The molecule has 0 aliphatic heterocycles. The molecule has 1 rings (SSSR count). The highest BCUT2D eigenvalue weighted by Crippen LogP contribution is 2.53. The lowest BCUT2D eigenvalue weighted by atomic mass is 9.67. The molecule has 0 saturated heterocycles. The van der Waals surface area contributed by atoms with Gasteiger partial charge in [-0.25, -0.2) is 0 Å². The number of hydrogen-bond donors (Lipinski definition) is 0. The highest BCUT2D eigenvalue weighted by atomic mass is 31.2. The van der Waals surface area contributed by atoms with E-state index in [0.717, 1.165) is 18.4 Å². The smallest absolute Gasteiger partial charge is 0.308 e. The summed E-state index contributed by atoms with van der Waals surface area (Å²) in [7, 11) is -3.44. The van der Waals surface area contributed by atoms with Crippen LogP contribution in [0.1, 0.15) is 66.7 Å². The van der Waals surface area contributed by atoms with E-state index >= 15 is 0 Å². The number of carbonyl (C=O) groups is 2. The molecule has 5 nitrogen and oxygen atoms in total. The molecule has 1 unspecified atom stereocenters. The van der Waals surface area contributed by atoms with Crippen LogP contribution in [0.25, 0.3) is 0 Å². The van der Waals surface area contributed by atoms with E-state index in [1.807, 2.05) is 13.8 Å². The number of Topliss-reactive ketones (excluding diaryl/α,β-unsaturated/α-hetero) is 2. The minimum absolute atomic E-state index is 0.165. The van der Waals surface area contributed by atoms with Crippen molar-refractivity contribution >= 4 is 19.2 Å². The second-order valence-corrected chi connectivity index (χ2v) is 9.66. The molecule has 144 valence electrons. The third kappa shape index (κ3) is 5.60. The van der Waals surface area contributed by atoms with Crippen molar-refractivity contribution in [3.63, 3.8) is 0 Å². The Balaban J connectivity index is 2.70. The molecule has 6 heteroatoms. The fraction of sp³-hybridized carbons (Fsp3) is 0.789. The fourth-order valence-corrected chi connectivity index (χ4v) is 5.02. The van der Waals surface area contributed by atoms with Crippen molar-refractivity contribution in [3.05, 3.63) is 12.2 Å². The average Bonchev–Trinajstić information content (AvgIpc) is 2.55. The molecule has 3 atom stereocenters. The first-order chi connectivity index (χ1) is 11.6. The minimum Gasteiger partial charge on any atom is -0.308 e. The topological polar surface area (TPSA) is 69.7 Å². The van der Waals surface area contributed by atoms with E-state index in [9.17, 15) is 14.2 Å². The molecule has 0 amide bonds. The number of rotatable bonds is 10. The summed E-state index contributed by atoms with van der Waals surface area (Å²) < 4.78 is 23.3. The lowest BCUT2D eigenvalue weighted by Crippen LogP contribution is -2.36. The van der Waals surface area contributed by atoms with Crippen LogP contribution in [-0.2, 0) is 23.2 Å². The van der Waals surface area contributed by atoms with Gasteiger partial charge >= 0.3 is 7.60 Å². The highest BCUT2D eigenvalue weighted by molar-refractivity contribution is 7.55. The SMILES string of the molecule is C=C(C)[C@@H]1CC[C@@](C)(CCC(=O)C(C)P(=O)(OCC)OCC)C(=O)C1. The maximum atomic E-state index is 12.7. The zero-order valence-electron chi connectivity index (χ0n) is 16.3. The van der Waals surface area contributed by atoms with Gasteiger partial charge in [-0.3, -0.25) is 14.2 Å². The predicted molar refractivity (Wildman–Crippen MR) is 99.8 cm³/mol. The van der Waals surface area contributed by atoms with Crippen molar-refractivity contribution in [1.29, 1.82) is 0 Å². The van der Waals surface area contributed by atoms with Crippen LogP contribution in [-0.4, -0.2) is 30.4 Å². The van der Waals surface area contributed by atoms with Gasteiger partial charge in [0.2, 0.25) is 0 Å². The largest absolute Gasteiger partial charge is 0.340 e. The zero-order chi connectivity index (χ0) is 19.3. The number of ketones is 2. The van der Waals surface area contributed by atoms with Crippen molar-refractivity contribution < 1.29 is 23.2 Å². The standard InChI is InChI=1S/C19H33O5P/c1-7-23-25(22,24-8-2)15(5)17(20)10-12-19(6)11-9-16(14(3)4)13-18(19)21/h15-16H,3,7-13H2,1-2,4-6H3/t15?,16-,19+/m1/s1. The van der Waals surface area contributed by atoms with Gasteiger partial charge in [0, 0.05) is 18.3 Å². The lowest BCUT2D eigenvalue weighted by Gasteiger charge is -2.36. The van der Waals surface area contributed by atoms with Crippen LogP contribution in [0.2, 0.25) is 0 Å². The summed E-state index contributed by atoms with van der Waals surface area (Å²) in [6.07, 6.45) is 2.89. The molecule has 1 saturated carbocycles. The Morgan fingerprint density at radius 1 is 1.36 bits per heavy atom. The van der Waals surface area contributed by atoms with Crippen molar-refractivity contribution in [2.75, 3.05) is 13.2 Å². The Labute approximate surface area is 152 Å². The van der Waals surface area contributed by atoms with E-state index in [0.29, 0.717) is 12.8 Å². The van der Waals surface area contributed by atoms with Crippen LogP contribution in [0.3, 0.4) is 0 Å². The number of carbonyl (C=O) groups excluding carboxylic acids is 2. The molecule has 0 aromatic heterocycles. The zero-order valence-corrected chi connectivity index (χ0v) is 17.2. The van der Waals surface area contributed by atoms with Gasteiger partial charge in [-0.1, -0.05) is 19.1 Å². The van der Waals surface area contributed by atoms with Crippen LogP contribution >= 0.6 is 7.60 Å². The van der Waals surface area contributed by atoms with Crippen molar-refractivity contribution in [3.8, 4) is 0 Å². The van der Waals surface area contributed by atoms with Gasteiger partial charge in [-0.2, -0.15) is 0 Å². The Morgan fingerprint density at radius 3 is 2.36 bits per heavy atom. The van der Waals surface area contributed by atoms with Gasteiger partial charge in [-0.05, 0) is 52.9 Å². The van der Waals surface area contributed by atoms with Crippen LogP contribution in [0.15, 0.2) is 12.2 Å². The first-order valence-electron chi connectivity index (χ1n) is 9.19. The van der Waals surface area contributed by atoms with Gasteiger partial charge in [0.05, 0.1) is 13.2 Å². The molecule has 0 aromatic carbocycles. The van der Waals surface area contributed by atoms with Gasteiger partial charge in [0.25, 0.3) is 0 Å². The maximum absolute atomic E-state index is 12.7. The fourth-order valence-electron chi connectivity index (χ4n) is 3.29. The minimum atomic E-state index is -3.44. The van der Waals surface area contributed by atoms with E-state index in [2.05, 4.69) is 6.58 Å². The van der Waals surface area contributed by atoms with E-state index in [-0.39, 0.29) is 37.1 Å². The Bertz CT molecular complexity index is 546. The van der Waals surface area contributed by atoms with Gasteiger partial charge in [0.15, 0.2) is 0 Å². The molecule has 0 spiro atoms. The molecule has 25 heavy (non-hydrogen) atoms. The first kappa shape index (κ1) is 22.3. The third-order valence-corrected chi connectivity index (χ3v) is 7.80. The number of hydrogen-bond acceptors (Lipinski definition) is 5. The highest BCUT2D eigenvalue weighted by Gasteiger charge is 2.41. The maximum Gasteiger partial charge on any atom is 0.340 e. The molecule has 1 fully saturated rings. The summed E-state index contributed by atoms with van der Waals surface area (Å²) in [4.78, 5) is 25.1. The van der Waals surface area contributed by atoms with Crippen LogP contribution in [0.5, 0.6) is 0 Å². The quantitative estimate of drug-likeness (QED) is 0.401. The van der Waals surface area contributed by atoms with Crippen LogP contribution in [0, 0.1) is 11.3 Å². The number of allylic oxidation sites excluding steroid dienone is 1. The molecule has 0 heterocycles. The van der Waals surface area contributed by atoms with Gasteiger partial charge < -0.3 is 9.05 Å². The molecule has 0 aromatic rings. The summed E-state index contributed by atoms with van der Waals surface area (Å²) in [5.74, 6) is 0.289. The second kappa shape index (κ2) is 9.25. The summed E-state index contributed by atoms with van der Waals surface area (Å²) in [6, 6.07) is 0. The van der Waals surface area contributed by atoms with Crippen molar-refractivity contribution in [2.24, 2.45) is 11.3 Å². The van der Waals surface area contributed by atoms with Crippen LogP contribution < -0.4 is 0 Å². The van der Waals surface area contributed by atoms with Crippen molar-refractivity contribution in [2.45, 2.75) is 72.4 Å². The van der Waals surface area contributed by atoms with Gasteiger partial charge in [-0.15, -0.1) is 0 Å². The van der Waals surface area contributed by atoms with E-state index in [4.69, 9.17) is 9.05 Å². The summed E-state index contributed by atoms with van der Waals surface area (Å²) in [5, 5.41) is 0. The molecule has 0 radical (unpaired) electrons. The average molecular weight is 372 g/mol. The summed E-state index contributed by atoms with van der Waals surface area (Å²) >= 11 is 0. The van der Waals surface area contributed by atoms with E-state index in [1.165, 1.54) is 0 Å². The summed E-state index contributed by atoms with van der Waals surface area (Å²) in [5.41, 5.74) is -0.241. The monoisotopic (exact) mass is 372 g/mol. The predicted octanol–water partition coefficient (Wildman–Crippen LogP) is 4.94. The second-order valence-electron chi connectivity index (χ2n) is 7.29. The molecule has 1 aliphatic carbocycles. The van der Waals surface area contributed by atoms with E-state index in [1.54, 1.807) is 20.8 Å². The van der Waals surface area contributed by atoms with Crippen LogP contribution in [0.4, 0.5) is 0 Å². The van der Waals surface area contributed by atoms with Crippen molar-refractivity contribution in [1.82, 2.24) is 0 Å². The Kier molecular flexibility index (Phi) is 8.24. The van der Waals surface area contributed by atoms with Gasteiger partial charge in [0.1, 0.15) is 17.2 Å². The first-order valence-corrected chi connectivity index (χ1v) is 10.8. The Morgan fingerprint density at radius 2 is 1.92 bits per heavy atom. The molecule has 1 aliphatic rings. The molecular formula is C19H33O5P. The van der Waals surface area contributed by atoms with E-state index < -0.39 is 18.7 Å². The summed E-state index contributed by atoms with van der Waals surface area (Å²) in [6.45, 7) is 13.4. The lowest BCUT2D eigenvalue weighted by molar-refractivity contribution is -0.132. The normalized spacial score (nSPS) is 25.6. The Hall–Kier alpha value is -0.770. The molecule has 0 bridgehead atoms.